The second-order valence-electron chi connectivity index (χ2n) is 8.46. The second kappa shape index (κ2) is 7.44. The molecule has 0 unspecified atom stereocenters. The first-order chi connectivity index (χ1) is 15.0. The maximum absolute atomic E-state index is 12.3. The number of anilines is 1. The Bertz CT molecular complexity index is 1130. The Kier molecular flexibility index (Phi) is 4.71. The van der Waals surface area contributed by atoms with E-state index in [1.165, 1.54) is 17.7 Å². The van der Waals surface area contributed by atoms with E-state index in [9.17, 15) is 4.79 Å². The Balaban J connectivity index is 1.63. The summed E-state index contributed by atoms with van der Waals surface area (Å²) in [6.45, 7) is 4.14. The molecular weight excluding hydrogens is 394 g/mol. The van der Waals surface area contributed by atoms with Crippen molar-refractivity contribution in [3.05, 3.63) is 35.8 Å². The van der Waals surface area contributed by atoms with Crippen LogP contribution in [0.15, 0.2) is 18.6 Å². The summed E-state index contributed by atoms with van der Waals surface area (Å²) in [4.78, 5) is 25.8. The quantitative estimate of drug-likeness (QED) is 0.638. The molecule has 3 aromatic heterocycles. The Morgan fingerprint density at radius 2 is 1.97 bits per heavy atom. The number of hydrogen-bond acceptors (Lipinski definition) is 7. The van der Waals surface area contributed by atoms with Crippen molar-refractivity contribution in [3.8, 4) is 11.6 Å². The number of carbonyl (C=O) groups is 1. The Morgan fingerprint density at radius 1 is 1.19 bits per heavy atom. The van der Waals surface area contributed by atoms with E-state index in [4.69, 9.17) is 4.98 Å². The summed E-state index contributed by atoms with van der Waals surface area (Å²) in [5.74, 6) is 3.01. The molecule has 1 fully saturated rings. The Labute approximate surface area is 180 Å². The van der Waals surface area contributed by atoms with Crippen LogP contribution in [-0.4, -0.2) is 65.5 Å². The third-order valence-electron chi connectivity index (χ3n) is 6.25. The maximum Gasteiger partial charge on any atom is 0.256 e. The van der Waals surface area contributed by atoms with Crippen molar-refractivity contribution in [3.63, 3.8) is 0 Å². The minimum Gasteiger partial charge on any atom is -0.345 e. The molecule has 1 amide bonds. The molecule has 10 heteroatoms. The van der Waals surface area contributed by atoms with E-state index in [-0.39, 0.29) is 11.9 Å². The highest BCUT2D eigenvalue weighted by molar-refractivity contribution is 5.93. The van der Waals surface area contributed by atoms with Crippen LogP contribution < -0.4 is 4.90 Å². The fourth-order valence-electron chi connectivity index (χ4n) is 4.77. The van der Waals surface area contributed by atoms with Crippen molar-refractivity contribution in [2.75, 3.05) is 19.0 Å². The molecule has 0 spiro atoms. The zero-order valence-electron chi connectivity index (χ0n) is 18.4. The lowest BCUT2D eigenvalue weighted by molar-refractivity contribution is 0.0827. The first-order valence-corrected chi connectivity index (χ1v) is 10.8. The number of hydrogen-bond donors (Lipinski definition) is 0. The standard InChI is InChI=1S/C21H27N9O/c1-5-16-19-26-25-13(2)29(19)17-11-22-21(24-18(17)30(16)15-8-6-7-9-15)28-12-14(10-23-28)20(31)27(3)4/h10-12,15-16H,5-9H2,1-4H3/t16-/m1/s1. The minimum atomic E-state index is -0.104. The largest absolute Gasteiger partial charge is 0.345 e. The van der Waals surface area contributed by atoms with Crippen molar-refractivity contribution in [1.29, 1.82) is 0 Å². The monoisotopic (exact) mass is 421 g/mol. The minimum absolute atomic E-state index is 0.104. The molecule has 0 N–H and O–H groups in total. The van der Waals surface area contributed by atoms with Gasteiger partial charge in [0.15, 0.2) is 11.6 Å². The summed E-state index contributed by atoms with van der Waals surface area (Å²) < 4.78 is 3.64. The van der Waals surface area contributed by atoms with E-state index in [2.05, 4.69) is 36.7 Å². The summed E-state index contributed by atoms with van der Waals surface area (Å²) in [6.07, 6.45) is 10.7. The summed E-state index contributed by atoms with van der Waals surface area (Å²) in [6, 6.07) is 0.531. The van der Waals surface area contributed by atoms with Gasteiger partial charge in [-0.25, -0.2) is 9.67 Å². The smallest absolute Gasteiger partial charge is 0.256 e. The average Bonchev–Trinajstić information content (AvgIpc) is 3.53. The van der Waals surface area contributed by atoms with Gasteiger partial charge in [-0.05, 0) is 26.2 Å². The number of fused-ring (bicyclic) bond motifs is 3. The van der Waals surface area contributed by atoms with Crippen molar-refractivity contribution >= 4 is 11.7 Å². The predicted molar refractivity (Wildman–Crippen MR) is 115 cm³/mol. The fraction of sp³-hybridized carbons (Fsp3) is 0.524. The molecule has 0 aromatic carbocycles. The van der Waals surface area contributed by atoms with E-state index in [1.807, 2.05) is 13.1 Å². The van der Waals surface area contributed by atoms with Gasteiger partial charge in [-0.3, -0.25) is 9.36 Å². The molecule has 1 saturated carbocycles. The molecule has 0 radical (unpaired) electrons. The van der Waals surface area contributed by atoms with Crippen LogP contribution in [-0.2, 0) is 0 Å². The van der Waals surface area contributed by atoms with Crippen molar-refractivity contribution in [2.24, 2.45) is 0 Å². The van der Waals surface area contributed by atoms with E-state index < -0.39 is 0 Å². The molecule has 162 valence electrons. The Morgan fingerprint density at radius 3 is 2.68 bits per heavy atom. The third kappa shape index (κ3) is 3.08. The van der Waals surface area contributed by atoms with Crippen molar-refractivity contribution < 1.29 is 4.79 Å². The van der Waals surface area contributed by atoms with Crippen LogP contribution in [0.2, 0.25) is 0 Å². The normalized spacial score (nSPS) is 18.2. The number of nitrogens with zero attached hydrogens (tertiary/aromatic N) is 9. The van der Waals surface area contributed by atoms with Crippen LogP contribution in [0.4, 0.5) is 5.82 Å². The molecule has 1 atom stereocenters. The first kappa shape index (κ1) is 19.7. The predicted octanol–water partition coefficient (Wildman–Crippen LogP) is 2.47. The zero-order valence-corrected chi connectivity index (χ0v) is 18.4. The van der Waals surface area contributed by atoms with Gasteiger partial charge >= 0.3 is 0 Å². The highest BCUT2D eigenvalue weighted by Crippen LogP contribution is 2.43. The first-order valence-electron chi connectivity index (χ1n) is 10.8. The molecule has 0 saturated heterocycles. The topological polar surface area (TPSA) is 97.9 Å². The van der Waals surface area contributed by atoms with Crippen molar-refractivity contribution in [2.45, 2.75) is 58.0 Å². The summed E-state index contributed by atoms with van der Waals surface area (Å²) >= 11 is 0. The van der Waals surface area contributed by atoms with Gasteiger partial charge in [0.1, 0.15) is 11.5 Å². The van der Waals surface area contributed by atoms with Gasteiger partial charge in [-0.15, -0.1) is 10.2 Å². The highest BCUT2D eigenvalue weighted by atomic mass is 16.2. The van der Waals surface area contributed by atoms with Gasteiger partial charge in [-0.1, -0.05) is 19.8 Å². The van der Waals surface area contributed by atoms with Gasteiger partial charge in [0.2, 0.25) is 0 Å². The molecule has 1 aliphatic heterocycles. The fourth-order valence-corrected chi connectivity index (χ4v) is 4.77. The van der Waals surface area contributed by atoms with Crippen LogP contribution in [0.25, 0.3) is 11.6 Å². The Hall–Kier alpha value is -3.30. The van der Waals surface area contributed by atoms with Crippen molar-refractivity contribution in [1.82, 2.24) is 39.4 Å². The van der Waals surface area contributed by atoms with Crippen LogP contribution >= 0.6 is 0 Å². The number of aromatic nitrogens is 7. The van der Waals surface area contributed by atoms with E-state index >= 15 is 0 Å². The SMILES string of the molecule is CC[C@@H]1c2nnc(C)n2-c2cnc(-n3cc(C(=O)N(C)C)cn3)nc2N1C1CCCC1. The second-order valence-corrected chi connectivity index (χ2v) is 8.46. The molecule has 2 aliphatic rings. The summed E-state index contributed by atoms with van der Waals surface area (Å²) in [5.41, 5.74) is 1.40. The van der Waals surface area contributed by atoms with Gasteiger partial charge < -0.3 is 9.80 Å². The third-order valence-corrected chi connectivity index (χ3v) is 6.25. The summed E-state index contributed by atoms with van der Waals surface area (Å²) in [7, 11) is 3.44. The van der Waals surface area contributed by atoms with Gasteiger partial charge in [-0.2, -0.15) is 10.1 Å². The maximum atomic E-state index is 12.3. The molecule has 3 aromatic rings. The molecule has 31 heavy (non-hydrogen) atoms. The van der Waals surface area contributed by atoms with Crippen LogP contribution in [0.5, 0.6) is 0 Å². The molecule has 10 nitrogen and oxygen atoms in total. The van der Waals surface area contributed by atoms with E-state index in [0.717, 1.165) is 42.4 Å². The van der Waals surface area contributed by atoms with Gasteiger partial charge in [0.05, 0.1) is 24.0 Å². The molecule has 0 bridgehead atoms. The molecular formula is C21H27N9O. The zero-order chi connectivity index (χ0) is 21.7. The van der Waals surface area contributed by atoms with Gasteiger partial charge in [0.25, 0.3) is 11.9 Å². The van der Waals surface area contributed by atoms with Crippen LogP contribution in [0.3, 0.4) is 0 Å². The lowest BCUT2D eigenvalue weighted by atomic mass is 10.0. The molecule has 5 rings (SSSR count). The van der Waals surface area contributed by atoms with E-state index in [0.29, 0.717) is 17.6 Å². The lowest BCUT2D eigenvalue weighted by Crippen LogP contribution is -2.42. The number of carbonyl (C=O) groups excluding carboxylic acids is 1. The number of rotatable bonds is 4. The van der Waals surface area contributed by atoms with Crippen LogP contribution in [0, 0.1) is 6.92 Å². The number of aryl methyl sites for hydroxylation is 1. The van der Waals surface area contributed by atoms with Gasteiger partial charge in [0, 0.05) is 26.3 Å². The average molecular weight is 422 g/mol. The highest BCUT2D eigenvalue weighted by Gasteiger charge is 2.39. The number of amides is 1. The molecule has 4 heterocycles. The van der Waals surface area contributed by atoms with Crippen LogP contribution in [0.1, 0.15) is 67.1 Å². The summed E-state index contributed by atoms with van der Waals surface area (Å²) in [5, 5.41) is 13.2. The lowest BCUT2D eigenvalue weighted by Gasteiger charge is -2.41. The molecule has 1 aliphatic carbocycles. The van der Waals surface area contributed by atoms with E-state index in [1.54, 1.807) is 31.2 Å².